The summed E-state index contributed by atoms with van der Waals surface area (Å²) in [6.07, 6.45) is 0.521. The highest BCUT2D eigenvalue weighted by molar-refractivity contribution is 5.85. The number of halogens is 4. The average molecular weight is 414 g/mol. The van der Waals surface area contributed by atoms with Crippen LogP contribution >= 0.6 is 12.4 Å². The fourth-order valence-corrected chi connectivity index (χ4v) is 4.09. The highest BCUT2D eigenvalue weighted by Crippen LogP contribution is 2.29. The number of rotatable bonds is 6. The van der Waals surface area contributed by atoms with Crippen LogP contribution in [-0.4, -0.2) is 60.0 Å². The number of alkyl halides is 3. The van der Waals surface area contributed by atoms with E-state index in [4.69, 9.17) is 5.73 Å². The van der Waals surface area contributed by atoms with Gasteiger partial charge in [0.05, 0.1) is 5.92 Å². The minimum Gasteiger partial charge on any atom is -0.342 e. The van der Waals surface area contributed by atoms with Gasteiger partial charge >= 0.3 is 6.18 Å². The molecule has 2 aliphatic rings. The largest absolute Gasteiger partial charge is 0.406 e. The summed E-state index contributed by atoms with van der Waals surface area (Å²) in [6.45, 7) is 1.40. The van der Waals surface area contributed by atoms with Gasteiger partial charge in [-0.1, -0.05) is 13.3 Å². The second kappa shape index (κ2) is 10.5. The molecule has 0 radical (unpaired) electrons. The fourth-order valence-electron chi connectivity index (χ4n) is 4.09. The molecule has 158 valence electrons. The Morgan fingerprint density at radius 2 is 1.89 bits per heavy atom. The zero-order valence-electron chi connectivity index (χ0n) is 15.8. The molecule has 0 aromatic rings. The Morgan fingerprint density at radius 1 is 1.19 bits per heavy atom. The van der Waals surface area contributed by atoms with Crippen molar-refractivity contribution < 1.29 is 22.8 Å². The number of hydrogen-bond acceptors (Lipinski definition) is 3. The molecule has 1 unspecified atom stereocenters. The molecule has 5 nitrogen and oxygen atoms in total. The summed E-state index contributed by atoms with van der Waals surface area (Å²) >= 11 is 0. The molecule has 1 heterocycles. The van der Waals surface area contributed by atoms with Crippen molar-refractivity contribution in [3.05, 3.63) is 0 Å². The van der Waals surface area contributed by atoms with Gasteiger partial charge in [0, 0.05) is 32.1 Å². The van der Waals surface area contributed by atoms with Crippen LogP contribution in [0.1, 0.15) is 51.9 Å². The van der Waals surface area contributed by atoms with E-state index in [1.807, 2.05) is 0 Å². The number of carbonyl (C=O) groups excluding carboxylic acids is 2. The van der Waals surface area contributed by atoms with Crippen LogP contribution in [0.15, 0.2) is 0 Å². The molecular weight excluding hydrogens is 383 g/mol. The summed E-state index contributed by atoms with van der Waals surface area (Å²) in [7, 11) is 0. The van der Waals surface area contributed by atoms with Gasteiger partial charge in [-0.05, 0) is 38.0 Å². The van der Waals surface area contributed by atoms with Crippen LogP contribution in [0.5, 0.6) is 0 Å². The molecule has 2 amide bonds. The zero-order chi connectivity index (χ0) is 19.3. The van der Waals surface area contributed by atoms with E-state index in [1.165, 1.54) is 0 Å². The number of piperidine rings is 1. The van der Waals surface area contributed by atoms with Gasteiger partial charge in [0.15, 0.2) is 0 Å². The molecule has 2 rings (SSSR count). The Balaban J connectivity index is 0.00000364. The monoisotopic (exact) mass is 413 g/mol. The predicted octanol–water partition coefficient (Wildman–Crippen LogP) is 2.97. The topological polar surface area (TPSA) is 66.6 Å². The van der Waals surface area contributed by atoms with Crippen molar-refractivity contribution in [2.24, 2.45) is 17.6 Å². The number of nitrogens with two attached hydrogens (primary N) is 1. The van der Waals surface area contributed by atoms with E-state index < -0.39 is 24.5 Å². The van der Waals surface area contributed by atoms with Gasteiger partial charge in [0.1, 0.15) is 6.54 Å². The molecular formula is C18H31ClF3N3O2. The molecule has 1 aliphatic carbocycles. The molecule has 1 saturated carbocycles. The minimum absolute atomic E-state index is 0. The molecule has 1 aliphatic heterocycles. The quantitative estimate of drug-likeness (QED) is 0.728. The summed E-state index contributed by atoms with van der Waals surface area (Å²) in [4.78, 5) is 27.7. The maximum atomic E-state index is 12.8. The predicted molar refractivity (Wildman–Crippen MR) is 99.4 cm³/mol. The summed E-state index contributed by atoms with van der Waals surface area (Å²) in [5.41, 5.74) is 6.03. The van der Waals surface area contributed by atoms with Crippen LogP contribution in [-0.2, 0) is 9.59 Å². The van der Waals surface area contributed by atoms with Crippen LogP contribution in [0.3, 0.4) is 0 Å². The Labute approximate surface area is 165 Å². The molecule has 9 heteroatoms. The van der Waals surface area contributed by atoms with Gasteiger partial charge in [-0.3, -0.25) is 9.59 Å². The molecule has 3 atom stereocenters. The highest BCUT2D eigenvalue weighted by atomic mass is 35.5. The van der Waals surface area contributed by atoms with Crippen LogP contribution in [0, 0.1) is 11.8 Å². The normalized spacial score (nSPS) is 25.8. The SMILES string of the molecule is CCCN(CC(F)(F)F)C(=O)C1CCCN(C(=O)C[C@@H]2CCC[C@H]2N)C1.Cl. The Kier molecular flexibility index (Phi) is 9.34. The van der Waals surface area contributed by atoms with Gasteiger partial charge in [-0.15, -0.1) is 12.4 Å². The number of carbonyl (C=O) groups is 2. The number of amides is 2. The lowest BCUT2D eigenvalue weighted by Crippen LogP contribution is -2.49. The number of hydrogen-bond donors (Lipinski definition) is 1. The summed E-state index contributed by atoms with van der Waals surface area (Å²) in [5.74, 6) is -0.874. The first kappa shape index (κ1) is 24.0. The van der Waals surface area contributed by atoms with Crippen molar-refractivity contribution in [2.75, 3.05) is 26.2 Å². The second-order valence-corrected chi connectivity index (χ2v) is 7.61. The van der Waals surface area contributed by atoms with Crippen molar-refractivity contribution in [1.29, 1.82) is 0 Å². The third kappa shape index (κ3) is 7.14. The van der Waals surface area contributed by atoms with Crippen LogP contribution in [0.2, 0.25) is 0 Å². The average Bonchev–Trinajstić information content (AvgIpc) is 2.97. The van der Waals surface area contributed by atoms with Crippen molar-refractivity contribution in [3.8, 4) is 0 Å². The van der Waals surface area contributed by atoms with Crippen molar-refractivity contribution in [1.82, 2.24) is 9.80 Å². The first-order valence-electron chi connectivity index (χ1n) is 9.60. The molecule has 1 saturated heterocycles. The summed E-state index contributed by atoms with van der Waals surface area (Å²) in [6, 6.07) is 0.0491. The van der Waals surface area contributed by atoms with Crippen molar-refractivity contribution in [3.63, 3.8) is 0 Å². The lowest BCUT2D eigenvalue weighted by Gasteiger charge is -2.36. The molecule has 0 aromatic heterocycles. The van der Waals surface area contributed by atoms with E-state index >= 15 is 0 Å². The first-order chi connectivity index (χ1) is 12.2. The smallest absolute Gasteiger partial charge is 0.342 e. The molecule has 2 fully saturated rings. The van der Waals surface area contributed by atoms with Gasteiger partial charge in [0.2, 0.25) is 11.8 Å². The maximum absolute atomic E-state index is 12.8. The van der Waals surface area contributed by atoms with Gasteiger partial charge in [-0.2, -0.15) is 13.2 Å². The maximum Gasteiger partial charge on any atom is 0.406 e. The van der Waals surface area contributed by atoms with Gasteiger partial charge < -0.3 is 15.5 Å². The van der Waals surface area contributed by atoms with Crippen molar-refractivity contribution >= 4 is 24.2 Å². The van der Waals surface area contributed by atoms with Gasteiger partial charge in [-0.25, -0.2) is 0 Å². The first-order valence-corrected chi connectivity index (χ1v) is 9.60. The van der Waals surface area contributed by atoms with E-state index in [9.17, 15) is 22.8 Å². The molecule has 0 bridgehead atoms. The third-order valence-electron chi connectivity index (χ3n) is 5.45. The summed E-state index contributed by atoms with van der Waals surface area (Å²) in [5, 5.41) is 0. The highest BCUT2D eigenvalue weighted by Gasteiger charge is 2.37. The standard InChI is InChI=1S/C18H30F3N3O2.ClH/c1-2-8-24(12-18(19,20)21)17(26)14-6-4-9-23(11-14)16(25)10-13-5-3-7-15(13)22;/h13-15H,2-12,22H2,1H3;1H/t13-,14?,15+;/m0./s1. The minimum atomic E-state index is -4.41. The lowest BCUT2D eigenvalue weighted by molar-refractivity contribution is -0.165. The third-order valence-corrected chi connectivity index (χ3v) is 5.45. The molecule has 2 N–H and O–H groups in total. The zero-order valence-corrected chi connectivity index (χ0v) is 16.7. The molecule has 0 aromatic carbocycles. The lowest BCUT2D eigenvalue weighted by atomic mass is 9.94. The van der Waals surface area contributed by atoms with Crippen LogP contribution < -0.4 is 5.73 Å². The van der Waals surface area contributed by atoms with E-state index in [0.29, 0.717) is 32.2 Å². The Bertz CT molecular complexity index is 505. The Hall–Kier alpha value is -1.02. The molecule has 27 heavy (non-hydrogen) atoms. The van der Waals surface area contributed by atoms with Crippen LogP contribution in [0.4, 0.5) is 13.2 Å². The fraction of sp³-hybridized carbons (Fsp3) is 0.889. The van der Waals surface area contributed by atoms with Crippen molar-refractivity contribution in [2.45, 2.75) is 64.1 Å². The van der Waals surface area contributed by atoms with E-state index in [2.05, 4.69) is 0 Å². The second-order valence-electron chi connectivity index (χ2n) is 7.61. The summed E-state index contributed by atoms with van der Waals surface area (Å²) < 4.78 is 38.3. The number of likely N-dealkylation sites (tertiary alicyclic amines) is 1. The van der Waals surface area contributed by atoms with Gasteiger partial charge in [0.25, 0.3) is 0 Å². The number of nitrogens with zero attached hydrogens (tertiary/aromatic N) is 2. The Morgan fingerprint density at radius 3 is 2.44 bits per heavy atom. The van der Waals surface area contributed by atoms with E-state index in [-0.39, 0.29) is 43.4 Å². The van der Waals surface area contributed by atoms with Crippen LogP contribution in [0.25, 0.3) is 0 Å². The van der Waals surface area contributed by atoms with E-state index in [0.717, 1.165) is 24.2 Å². The van der Waals surface area contributed by atoms with E-state index in [1.54, 1.807) is 11.8 Å². The molecule has 0 spiro atoms.